The molecular formula is C136H122B2N6. The number of rotatable bonds is 17. The fraction of sp³-hybridized carbons (Fsp3) is 0.206. The van der Waals surface area contributed by atoms with Crippen LogP contribution in [-0.2, 0) is 28.1 Å². The second kappa shape index (κ2) is 32.5. The van der Waals surface area contributed by atoms with Gasteiger partial charge >= 0.3 is 0 Å². The van der Waals surface area contributed by atoms with E-state index in [9.17, 15) is 0 Å². The summed E-state index contributed by atoms with van der Waals surface area (Å²) in [5.74, 6) is 1.51. The van der Waals surface area contributed by atoms with Crippen LogP contribution in [-0.4, -0.2) is 31.7 Å². The van der Waals surface area contributed by atoms with Gasteiger partial charge in [0.15, 0.2) is 0 Å². The Labute approximate surface area is 848 Å². The first-order valence-corrected chi connectivity index (χ1v) is 52.5. The minimum absolute atomic E-state index is 0.0443. The maximum Gasteiger partial charge on any atom is 0.252 e. The van der Waals surface area contributed by atoms with Gasteiger partial charge in [0, 0.05) is 99.3 Å². The molecule has 18 aromatic carbocycles. The summed E-state index contributed by atoms with van der Waals surface area (Å²) in [6.45, 7) is 44.6. The molecule has 0 fully saturated rings. The van der Waals surface area contributed by atoms with Crippen LogP contribution in [0.3, 0.4) is 0 Å². The highest BCUT2D eigenvalue weighted by Crippen LogP contribution is 2.53. The first-order chi connectivity index (χ1) is 69.3. The van der Waals surface area contributed by atoms with Crippen LogP contribution in [0.5, 0.6) is 0 Å². The van der Waals surface area contributed by atoms with E-state index in [4.69, 9.17) is 0 Å². The minimum atomic E-state index is -0.294. The summed E-state index contributed by atoms with van der Waals surface area (Å²) >= 11 is 0. The largest absolute Gasteiger partial charge is 0.310 e. The molecule has 6 nitrogen and oxygen atoms in total. The number of nitrogens with zero attached hydrogens (tertiary/aromatic N) is 6. The minimum Gasteiger partial charge on any atom is -0.310 e. The highest BCUT2D eigenvalue weighted by Gasteiger charge is 2.48. The van der Waals surface area contributed by atoms with Crippen molar-refractivity contribution < 1.29 is 0 Å². The molecule has 4 aliphatic rings. The molecule has 144 heavy (non-hydrogen) atoms. The summed E-state index contributed by atoms with van der Waals surface area (Å²) in [6, 6.07) is 141. The Hall–Kier alpha value is -15.1. The van der Waals surface area contributed by atoms with Crippen molar-refractivity contribution >= 4 is 168 Å². The van der Waals surface area contributed by atoms with Crippen LogP contribution in [0.1, 0.15) is 205 Å². The molecule has 26 rings (SSSR count). The molecule has 0 aliphatic carbocycles. The molecule has 0 bridgehead atoms. The van der Waals surface area contributed by atoms with Crippen molar-refractivity contribution in [3.05, 3.63) is 408 Å². The maximum atomic E-state index is 2.74. The van der Waals surface area contributed by atoms with Crippen molar-refractivity contribution in [3.63, 3.8) is 0 Å². The quantitative estimate of drug-likeness (QED) is 0.0850. The maximum absolute atomic E-state index is 2.74. The smallest absolute Gasteiger partial charge is 0.252 e. The zero-order valence-corrected chi connectivity index (χ0v) is 86.4. The van der Waals surface area contributed by atoms with Gasteiger partial charge in [0.1, 0.15) is 0 Å². The van der Waals surface area contributed by atoms with Crippen molar-refractivity contribution in [2.45, 2.75) is 183 Å². The van der Waals surface area contributed by atoms with Gasteiger partial charge in [-0.05, 0) is 325 Å². The topological polar surface area (TPSA) is 26.2 Å². The van der Waals surface area contributed by atoms with E-state index < -0.39 is 0 Å². The lowest BCUT2D eigenvalue weighted by atomic mass is 9.33. The summed E-state index contributed by atoms with van der Waals surface area (Å²) in [5, 5.41) is 10.2. The molecule has 0 saturated carbocycles. The monoisotopic (exact) mass is 1860 g/mol. The number of hydrogen-bond acceptors (Lipinski definition) is 2. The van der Waals surface area contributed by atoms with Crippen molar-refractivity contribution in [1.29, 1.82) is 0 Å². The lowest BCUT2D eigenvalue weighted by Gasteiger charge is -2.38. The number of benzene rings is 18. The number of fused-ring (bicyclic) bond motifs is 20. The first kappa shape index (κ1) is 89.0. The molecule has 0 atom stereocenters. The van der Waals surface area contributed by atoms with E-state index in [-0.39, 0.29) is 35.1 Å². The molecule has 0 radical (unpaired) electrons. The normalized spacial score (nSPS) is 13.2. The van der Waals surface area contributed by atoms with E-state index in [0.717, 1.165) is 40.5 Å². The van der Waals surface area contributed by atoms with Crippen LogP contribution in [0.4, 0.5) is 34.1 Å². The van der Waals surface area contributed by atoms with Gasteiger partial charge in [0.05, 0.1) is 44.8 Å². The highest BCUT2D eigenvalue weighted by atomic mass is 15.2. The van der Waals surface area contributed by atoms with Gasteiger partial charge in [-0.3, -0.25) is 0 Å². The summed E-state index contributed by atoms with van der Waals surface area (Å²) in [5.41, 5.74) is 50.4. The summed E-state index contributed by atoms with van der Waals surface area (Å²) in [7, 11) is 0. The zero-order valence-electron chi connectivity index (χ0n) is 86.4. The average Bonchev–Trinajstić information content (AvgIpc) is 1.48. The Kier molecular flexibility index (Phi) is 20.1. The third-order valence-corrected chi connectivity index (χ3v) is 33.0. The molecule has 702 valence electrons. The summed E-state index contributed by atoms with van der Waals surface area (Å²) in [4.78, 5) is 5.14. The Morgan fingerprint density at radius 2 is 0.521 bits per heavy atom. The van der Waals surface area contributed by atoms with E-state index in [1.807, 2.05) is 0 Å². The third kappa shape index (κ3) is 13.8. The standard InChI is InChI=1S/C136H122B2N6/c1-80(2)85-39-51-101(52-40-85)139(102-53-41-86(42-54-102)81(3)4)123-65-63-121-125-131(123)143-119-60-48-93(89-29-23-20-24-30-89)67-106(119)110-70-96(91-33-27-22-28-34-91)72-114(129(110)143)137(125)113-71-95(90-31-25-21-26-32-90)69-109-105-68-94(47-59-117(105)141(121)127(109)113)92-37-35-84(36-38-92)79-136(18,19)98-50-62-120-108(74-98)112-76-100(135(15,16)17)78-116-130(112)144(120)132-124(140(103-55-43-87(44-56-103)82(5)6)104-57-45-88(46-58-104)83(7)8)66-64-122-126(132)138(116)115-77-99(134(12,13)14)75-111-107-73-97(133(9,10)11)49-61-118(107)142(122)128(111)115/h20-78,80-83H,79H2,1-19H3. The second-order valence-corrected chi connectivity index (χ2v) is 47.0. The molecule has 0 amide bonds. The van der Waals surface area contributed by atoms with Gasteiger partial charge in [-0.2, -0.15) is 0 Å². The van der Waals surface area contributed by atoms with E-state index in [1.165, 1.54) is 237 Å². The lowest BCUT2D eigenvalue weighted by molar-refractivity contribution is 0.523. The number of aromatic nitrogens is 4. The van der Waals surface area contributed by atoms with Gasteiger partial charge in [-0.25, -0.2) is 0 Å². The van der Waals surface area contributed by atoms with E-state index >= 15 is 0 Å². The van der Waals surface area contributed by atoms with Crippen LogP contribution < -0.4 is 42.6 Å². The van der Waals surface area contributed by atoms with Gasteiger partial charge in [0.25, 0.3) is 13.4 Å². The molecule has 8 heteroatoms. The molecule has 22 aromatic rings. The van der Waals surface area contributed by atoms with Crippen molar-refractivity contribution in [2.24, 2.45) is 0 Å². The molecule has 0 spiro atoms. The van der Waals surface area contributed by atoms with Crippen molar-refractivity contribution in [2.75, 3.05) is 9.80 Å². The van der Waals surface area contributed by atoms with E-state index in [1.54, 1.807) is 0 Å². The van der Waals surface area contributed by atoms with Crippen LogP contribution in [0.25, 0.3) is 154 Å². The zero-order chi connectivity index (χ0) is 98.6. The molecule has 4 aromatic heterocycles. The molecular weight excluding hydrogens is 1740 g/mol. The van der Waals surface area contributed by atoms with Gasteiger partial charge in [0.2, 0.25) is 0 Å². The van der Waals surface area contributed by atoms with Crippen LogP contribution in [0.2, 0.25) is 0 Å². The SMILES string of the molecule is CC(C)c1ccc(N(c2ccc(C(C)C)cc2)c2ccc3c4c2-n2c5ccc(-c6ccccc6)cc5c5cc(-c6ccccc6)cc(c52)B4c2cc(-c4ccccc4)cc4c5cc(-c6ccc(CC(C)(C)c7ccc8c(c7)c7cc(C(C)(C)C)cc9c7n8-c7c(N(c8ccc(C(C)C)cc8)c8ccc(C(C)C)cc8)ccc8c7B9c7cc(C(C)(C)C)cc9c%10cc(C(C)(C)C)ccc%10n-8c79)cc6)ccc5n-3c24)cc1. The van der Waals surface area contributed by atoms with Crippen molar-refractivity contribution in [3.8, 4) is 67.3 Å². The Balaban J connectivity index is 0.640. The van der Waals surface area contributed by atoms with E-state index in [2.05, 4.69) is 518 Å². The van der Waals surface area contributed by atoms with E-state index in [0.29, 0.717) is 23.7 Å². The Bertz CT molecular complexity index is 8970. The predicted octanol–water partition coefficient (Wildman–Crippen LogP) is 32.9. The van der Waals surface area contributed by atoms with Crippen LogP contribution in [0.15, 0.2) is 358 Å². The third-order valence-electron chi connectivity index (χ3n) is 33.0. The molecule has 8 heterocycles. The Morgan fingerprint density at radius 3 is 0.882 bits per heavy atom. The van der Waals surface area contributed by atoms with Gasteiger partial charge < -0.3 is 28.1 Å². The Morgan fingerprint density at radius 1 is 0.236 bits per heavy atom. The molecule has 0 unspecified atom stereocenters. The molecule has 0 saturated heterocycles. The lowest BCUT2D eigenvalue weighted by Crippen LogP contribution is -2.60. The molecule has 4 aliphatic heterocycles. The van der Waals surface area contributed by atoms with Gasteiger partial charge in [-0.1, -0.05) is 344 Å². The fourth-order valence-electron chi connectivity index (χ4n) is 25.1. The fourth-order valence-corrected chi connectivity index (χ4v) is 25.1. The predicted molar refractivity (Wildman–Crippen MR) is 620 cm³/mol. The number of hydrogen-bond donors (Lipinski definition) is 0. The molecule has 0 N–H and O–H groups in total. The van der Waals surface area contributed by atoms with Crippen LogP contribution in [0, 0.1) is 0 Å². The average molecular weight is 1860 g/mol. The van der Waals surface area contributed by atoms with Crippen molar-refractivity contribution in [1.82, 2.24) is 18.3 Å². The summed E-state index contributed by atoms with van der Waals surface area (Å²) in [6.07, 6.45) is 0.835. The van der Waals surface area contributed by atoms with Crippen LogP contribution >= 0.6 is 0 Å². The highest BCUT2D eigenvalue weighted by molar-refractivity contribution is 7.01. The first-order valence-electron chi connectivity index (χ1n) is 52.5. The second-order valence-electron chi connectivity index (χ2n) is 47.0. The van der Waals surface area contributed by atoms with Gasteiger partial charge in [-0.15, -0.1) is 0 Å². The summed E-state index contributed by atoms with van der Waals surface area (Å²) < 4.78 is 10.8. The number of anilines is 6.